The van der Waals surface area contributed by atoms with Crippen LogP contribution in [0.15, 0.2) is 24.3 Å². The average molecular weight is 333 g/mol. The number of hydrogen-bond donors (Lipinski definition) is 0. The Kier molecular flexibility index (Phi) is 6.87. The molecule has 1 rings (SSSR count). The Labute approximate surface area is 132 Å². The lowest BCUT2D eigenvalue weighted by atomic mass is 10.1. The Balaban J connectivity index is 2.61. The second-order valence-electron chi connectivity index (χ2n) is 4.71. The fourth-order valence-electron chi connectivity index (χ4n) is 1.86. The number of likely N-dealkylation sites (N-methyl/N-ethyl adjacent to an activating group) is 1. The van der Waals surface area contributed by atoms with Crippen molar-refractivity contribution in [3.63, 3.8) is 0 Å². The van der Waals surface area contributed by atoms with Crippen molar-refractivity contribution >= 4 is 11.9 Å². The minimum atomic E-state index is -4.79. The van der Waals surface area contributed by atoms with Crippen molar-refractivity contribution in [3.05, 3.63) is 29.8 Å². The Bertz CT molecular complexity index is 546. The lowest BCUT2D eigenvalue weighted by Gasteiger charge is -2.17. The first-order valence-electron chi connectivity index (χ1n) is 6.96. The van der Waals surface area contributed by atoms with Gasteiger partial charge in [0.25, 0.3) is 0 Å². The molecule has 0 atom stereocenters. The number of carbonyl (C=O) groups excluding carboxylic acids is 2. The smallest absolute Gasteiger partial charge is 0.465 e. The van der Waals surface area contributed by atoms with Crippen LogP contribution in [-0.2, 0) is 20.7 Å². The first-order chi connectivity index (χ1) is 10.7. The number of para-hydroxylation sites is 1. The lowest BCUT2D eigenvalue weighted by Crippen LogP contribution is -2.33. The van der Waals surface area contributed by atoms with E-state index in [4.69, 9.17) is 4.74 Å². The van der Waals surface area contributed by atoms with Gasteiger partial charge in [0.2, 0.25) is 5.91 Å². The first-order valence-corrected chi connectivity index (χ1v) is 6.96. The molecule has 1 aromatic carbocycles. The molecule has 128 valence electrons. The van der Waals surface area contributed by atoms with E-state index in [1.807, 2.05) is 0 Å². The number of carbonyl (C=O) groups is 2. The van der Waals surface area contributed by atoms with Crippen molar-refractivity contribution < 1.29 is 32.2 Å². The van der Waals surface area contributed by atoms with Gasteiger partial charge in [-0.15, -0.1) is 13.2 Å². The molecule has 0 saturated heterocycles. The van der Waals surface area contributed by atoms with E-state index in [1.54, 1.807) is 13.0 Å². The molecule has 5 nitrogen and oxygen atoms in total. The summed E-state index contributed by atoms with van der Waals surface area (Å²) in [5.41, 5.74) is 0.266. The van der Waals surface area contributed by atoms with Crippen LogP contribution >= 0.6 is 0 Å². The fraction of sp³-hybridized carbons (Fsp3) is 0.467. The monoisotopic (exact) mass is 333 g/mol. The van der Waals surface area contributed by atoms with Crippen LogP contribution in [0.2, 0.25) is 0 Å². The molecule has 0 aromatic heterocycles. The zero-order chi connectivity index (χ0) is 17.5. The molecular formula is C15H18F3NO4. The summed E-state index contributed by atoms with van der Waals surface area (Å²) in [4.78, 5) is 24.4. The molecule has 0 unspecified atom stereocenters. The van der Waals surface area contributed by atoms with Gasteiger partial charge in [0.1, 0.15) is 12.3 Å². The number of esters is 1. The zero-order valence-electron chi connectivity index (χ0n) is 12.9. The van der Waals surface area contributed by atoms with Gasteiger partial charge < -0.3 is 14.4 Å². The molecule has 0 aliphatic heterocycles. The van der Waals surface area contributed by atoms with E-state index in [0.717, 1.165) is 0 Å². The molecule has 0 bridgehead atoms. The van der Waals surface area contributed by atoms with Gasteiger partial charge in [-0.3, -0.25) is 9.59 Å². The minimum Gasteiger partial charge on any atom is -0.465 e. The summed E-state index contributed by atoms with van der Waals surface area (Å²) in [6, 6.07) is 5.62. The Morgan fingerprint density at radius 3 is 2.48 bits per heavy atom. The maximum Gasteiger partial charge on any atom is 0.573 e. The Hall–Kier alpha value is -2.25. The quantitative estimate of drug-likeness (QED) is 0.720. The van der Waals surface area contributed by atoms with Gasteiger partial charge in [0.15, 0.2) is 0 Å². The number of aryl methyl sites for hydroxylation is 1. The van der Waals surface area contributed by atoms with E-state index in [0.29, 0.717) is 0 Å². The van der Waals surface area contributed by atoms with E-state index in [9.17, 15) is 22.8 Å². The van der Waals surface area contributed by atoms with Crippen LogP contribution < -0.4 is 4.74 Å². The normalized spacial score (nSPS) is 11.0. The largest absolute Gasteiger partial charge is 0.573 e. The Morgan fingerprint density at radius 1 is 1.22 bits per heavy atom. The maximum atomic E-state index is 12.3. The minimum absolute atomic E-state index is 0.0475. The molecule has 0 spiro atoms. The van der Waals surface area contributed by atoms with E-state index in [2.05, 4.69) is 4.74 Å². The van der Waals surface area contributed by atoms with Crippen molar-refractivity contribution in [2.75, 3.05) is 20.2 Å². The van der Waals surface area contributed by atoms with Crippen LogP contribution in [0.4, 0.5) is 13.2 Å². The summed E-state index contributed by atoms with van der Waals surface area (Å²) in [6.45, 7) is 1.66. The maximum absolute atomic E-state index is 12.3. The van der Waals surface area contributed by atoms with E-state index in [-0.39, 0.29) is 43.2 Å². The third-order valence-corrected chi connectivity index (χ3v) is 2.90. The third kappa shape index (κ3) is 7.03. The molecule has 1 aromatic rings. The van der Waals surface area contributed by atoms with Crippen LogP contribution in [0.25, 0.3) is 0 Å². The van der Waals surface area contributed by atoms with Gasteiger partial charge in [0.05, 0.1) is 6.61 Å². The molecular weight excluding hydrogens is 315 g/mol. The highest BCUT2D eigenvalue weighted by Gasteiger charge is 2.32. The van der Waals surface area contributed by atoms with Crippen LogP contribution in [0, 0.1) is 0 Å². The highest BCUT2D eigenvalue weighted by atomic mass is 19.4. The van der Waals surface area contributed by atoms with Crippen LogP contribution in [0.1, 0.15) is 18.9 Å². The Morgan fingerprint density at radius 2 is 1.87 bits per heavy atom. The molecule has 0 heterocycles. The molecule has 0 fully saturated rings. The second kappa shape index (κ2) is 8.40. The molecule has 0 aliphatic rings. The zero-order valence-corrected chi connectivity index (χ0v) is 12.9. The summed E-state index contributed by atoms with van der Waals surface area (Å²) < 4.78 is 45.6. The second-order valence-corrected chi connectivity index (χ2v) is 4.71. The van der Waals surface area contributed by atoms with Gasteiger partial charge >= 0.3 is 12.3 Å². The topological polar surface area (TPSA) is 55.8 Å². The number of nitrogens with zero attached hydrogens (tertiary/aromatic N) is 1. The van der Waals surface area contributed by atoms with Crippen LogP contribution in [0.3, 0.4) is 0 Å². The van der Waals surface area contributed by atoms with Gasteiger partial charge in [0, 0.05) is 13.5 Å². The molecule has 0 aliphatic carbocycles. The fourth-order valence-corrected chi connectivity index (χ4v) is 1.86. The first kappa shape index (κ1) is 18.8. The molecule has 8 heteroatoms. The van der Waals surface area contributed by atoms with Crippen LogP contribution in [-0.4, -0.2) is 43.3 Å². The van der Waals surface area contributed by atoms with E-state index in [1.165, 1.54) is 30.1 Å². The number of amides is 1. The molecule has 0 radical (unpaired) electrons. The molecule has 1 amide bonds. The number of rotatable bonds is 7. The van der Waals surface area contributed by atoms with Crippen molar-refractivity contribution in [1.82, 2.24) is 4.90 Å². The van der Waals surface area contributed by atoms with Gasteiger partial charge in [-0.25, -0.2) is 0 Å². The van der Waals surface area contributed by atoms with Gasteiger partial charge in [-0.1, -0.05) is 18.2 Å². The number of alkyl halides is 3. The van der Waals surface area contributed by atoms with E-state index < -0.39 is 12.3 Å². The number of halogens is 3. The number of benzene rings is 1. The number of hydrogen-bond acceptors (Lipinski definition) is 4. The molecule has 0 saturated carbocycles. The number of ether oxygens (including phenoxy) is 2. The lowest BCUT2D eigenvalue weighted by molar-refractivity contribution is -0.274. The van der Waals surface area contributed by atoms with Crippen molar-refractivity contribution in [2.45, 2.75) is 26.1 Å². The van der Waals surface area contributed by atoms with Crippen molar-refractivity contribution in [3.8, 4) is 5.75 Å². The SMILES string of the molecule is CCOC(=O)CN(C)C(=O)CCc1ccccc1OC(F)(F)F. The summed E-state index contributed by atoms with van der Waals surface area (Å²) in [5, 5.41) is 0. The standard InChI is InChI=1S/C15H18F3NO4/c1-3-22-14(21)10-19(2)13(20)9-8-11-6-4-5-7-12(11)23-15(16,17)18/h4-7H,3,8-10H2,1-2H3. The third-order valence-electron chi connectivity index (χ3n) is 2.90. The van der Waals surface area contributed by atoms with Gasteiger partial charge in [-0.05, 0) is 25.0 Å². The highest BCUT2D eigenvalue weighted by molar-refractivity contribution is 5.82. The molecule has 23 heavy (non-hydrogen) atoms. The van der Waals surface area contributed by atoms with E-state index >= 15 is 0 Å². The van der Waals surface area contributed by atoms with Gasteiger partial charge in [-0.2, -0.15) is 0 Å². The highest BCUT2D eigenvalue weighted by Crippen LogP contribution is 2.27. The van der Waals surface area contributed by atoms with Crippen molar-refractivity contribution in [1.29, 1.82) is 0 Å². The molecule has 0 N–H and O–H groups in total. The summed E-state index contributed by atoms with van der Waals surface area (Å²) >= 11 is 0. The summed E-state index contributed by atoms with van der Waals surface area (Å²) in [5.74, 6) is -1.25. The average Bonchev–Trinajstić information content (AvgIpc) is 2.44. The summed E-state index contributed by atoms with van der Waals surface area (Å²) in [6.07, 6.45) is -4.77. The van der Waals surface area contributed by atoms with Crippen LogP contribution in [0.5, 0.6) is 5.75 Å². The summed E-state index contributed by atoms with van der Waals surface area (Å²) in [7, 11) is 1.43. The predicted octanol–water partition coefficient (Wildman–Crippen LogP) is 2.54. The van der Waals surface area contributed by atoms with Crippen molar-refractivity contribution in [2.24, 2.45) is 0 Å². The predicted molar refractivity (Wildman–Crippen MR) is 75.7 cm³/mol.